The van der Waals surface area contributed by atoms with Gasteiger partial charge in [0.15, 0.2) is 0 Å². The molecule has 0 unspecified atom stereocenters. The molecular formula is C24H32N4O4. The fourth-order valence-electron chi connectivity index (χ4n) is 3.86. The molecular weight excluding hydrogens is 408 g/mol. The molecule has 0 bridgehead atoms. The van der Waals surface area contributed by atoms with E-state index >= 15 is 0 Å². The SMILES string of the molecule is Cc1ccc(-c2c(CNC(=O)O)c(CC(C)C)nc(C)c2NC(=O)N2CCOCC2)cc1. The smallest absolute Gasteiger partial charge is 0.404 e. The van der Waals surface area contributed by atoms with Crippen LogP contribution < -0.4 is 10.6 Å². The maximum atomic E-state index is 13.0. The summed E-state index contributed by atoms with van der Waals surface area (Å²) in [5.41, 5.74) is 5.77. The van der Waals surface area contributed by atoms with Gasteiger partial charge < -0.3 is 25.4 Å². The van der Waals surface area contributed by atoms with E-state index in [0.29, 0.717) is 50.0 Å². The van der Waals surface area contributed by atoms with Crippen LogP contribution in [0.1, 0.15) is 36.4 Å². The summed E-state index contributed by atoms with van der Waals surface area (Å²) in [4.78, 5) is 30.9. The average Bonchev–Trinajstić information content (AvgIpc) is 2.75. The van der Waals surface area contributed by atoms with Crippen molar-refractivity contribution in [3.63, 3.8) is 0 Å². The van der Waals surface area contributed by atoms with E-state index in [1.165, 1.54) is 0 Å². The number of nitrogens with zero attached hydrogens (tertiary/aromatic N) is 2. The van der Waals surface area contributed by atoms with Crippen molar-refractivity contribution >= 4 is 17.8 Å². The zero-order chi connectivity index (χ0) is 23.3. The second kappa shape index (κ2) is 10.5. The summed E-state index contributed by atoms with van der Waals surface area (Å²) in [5, 5.41) is 14.8. The van der Waals surface area contributed by atoms with Gasteiger partial charge in [0, 0.05) is 36.5 Å². The number of aromatic nitrogens is 1. The lowest BCUT2D eigenvalue weighted by atomic mass is 9.92. The van der Waals surface area contributed by atoms with Crippen LogP contribution in [0.4, 0.5) is 15.3 Å². The molecule has 32 heavy (non-hydrogen) atoms. The highest BCUT2D eigenvalue weighted by Crippen LogP contribution is 2.36. The third-order valence-corrected chi connectivity index (χ3v) is 5.45. The minimum atomic E-state index is -1.10. The molecule has 3 N–H and O–H groups in total. The summed E-state index contributed by atoms with van der Waals surface area (Å²) in [5.74, 6) is 0.338. The fourth-order valence-corrected chi connectivity index (χ4v) is 3.86. The van der Waals surface area contributed by atoms with E-state index in [-0.39, 0.29) is 12.6 Å². The molecule has 0 aliphatic carbocycles. The third kappa shape index (κ3) is 5.76. The largest absolute Gasteiger partial charge is 0.465 e. The molecule has 0 atom stereocenters. The van der Waals surface area contributed by atoms with Crippen LogP contribution in [0.5, 0.6) is 0 Å². The normalized spacial score (nSPS) is 13.8. The third-order valence-electron chi connectivity index (χ3n) is 5.45. The number of carboxylic acid groups (broad SMARTS) is 1. The molecule has 2 aromatic rings. The number of hydrogen-bond acceptors (Lipinski definition) is 4. The summed E-state index contributed by atoms with van der Waals surface area (Å²) in [6, 6.07) is 7.81. The predicted molar refractivity (Wildman–Crippen MR) is 124 cm³/mol. The molecule has 172 valence electrons. The Labute approximate surface area is 189 Å². The number of ether oxygens (including phenoxy) is 1. The standard InChI is InChI=1S/C24H32N4O4/c1-15(2)13-20-19(14-25-24(30)31)21(18-7-5-16(3)6-8-18)22(17(4)26-20)27-23(29)28-9-11-32-12-10-28/h5-8,15,25H,9-14H2,1-4H3,(H,27,29)(H,30,31). The summed E-state index contributed by atoms with van der Waals surface area (Å²) in [6.45, 7) is 10.3. The van der Waals surface area contributed by atoms with Crippen molar-refractivity contribution in [2.24, 2.45) is 5.92 Å². The van der Waals surface area contributed by atoms with E-state index in [1.54, 1.807) is 4.90 Å². The van der Waals surface area contributed by atoms with E-state index in [9.17, 15) is 14.7 Å². The molecule has 0 radical (unpaired) electrons. The molecule has 1 saturated heterocycles. The number of anilines is 1. The Balaban J connectivity index is 2.14. The van der Waals surface area contributed by atoms with Crippen LogP contribution in [0, 0.1) is 19.8 Å². The van der Waals surface area contributed by atoms with Crippen molar-refractivity contribution in [2.45, 2.75) is 40.7 Å². The molecule has 1 fully saturated rings. The average molecular weight is 441 g/mol. The van der Waals surface area contributed by atoms with Crippen molar-refractivity contribution in [3.05, 3.63) is 46.8 Å². The number of aryl methyl sites for hydroxylation is 2. The monoisotopic (exact) mass is 440 g/mol. The second-order valence-corrected chi connectivity index (χ2v) is 8.52. The van der Waals surface area contributed by atoms with E-state index in [1.807, 2.05) is 38.1 Å². The number of carbonyl (C=O) groups is 2. The zero-order valence-corrected chi connectivity index (χ0v) is 19.2. The van der Waals surface area contributed by atoms with Crippen molar-refractivity contribution in [2.75, 3.05) is 31.6 Å². The van der Waals surface area contributed by atoms with Gasteiger partial charge in [-0.15, -0.1) is 0 Å². The van der Waals surface area contributed by atoms with Crippen molar-refractivity contribution in [1.29, 1.82) is 0 Å². The van der Waals surface area contributed by atoms with Crippen LogP contribution in [0.3, 0.4) is 0 Å². The fraction of sp³-hybridized carbons (Fsp3) is 0.458. The summed E-state index contributed by atoms with van der Waals surface area (Å²) in [6.07, 6.45) is -0.400. The highest BCUT2D eigenvalue weighted by Gasteiger charge is 2.24. The Hall–Kier alpha value is -3.13. The Morgan fingerprint density at radius 1 is 1.16 bits per heavy atom. The number of benzene rings is 1. The van der Waals surface area contributed by atoms with Crippen LogP contribution in [0.15, 0.2) is 24.3 Å². The van der Waals surface area contributed by atoms with Crippen molar-refractivity contribution in [3.8, 4) is 11.1 Å². The maximum absolute atomic E-state index is 13.0. The lowest BCUT2D eigenvalue weighted by molar-refractivity contribution is 0.0564. The maximum Gasteiger partial charge on any atom is 0.404 e. The molecule has 8 nitrogen and oxygen atoms in total. The number of pyridine rings is 1. The first-order valence-corrected chi connectivity index (χ1v) is 11.0. The number of carbonyl (C=O) groups excluding carboxylic acids is 1. The molecule has 1 aromatic heterocycles. The first-order chi connectivity index (χ1) is 15.3. The van der Waals surface area contributed by atoms with Gasteiger partial charge in [0.05, 0.1) is 24.6 Å². The Bertz CT molecular complexity index is 967. The van der Waals surface area contributed by atoms with Crippen LogP contribution in [-0.2, 0) is 17.7 Å². The number of rotatable bonds is 6. The first kappa shape index (κ1) is 23.5. The van der Waals surface area contributed by atoms with Gasteiger partial charge in [-0.3, -0.25) is 4.98 Å². The topological polar surface area (TPSA) is 104 Å². The second-order valence-electron chi connectivity index (χ2n) is 8.52. The highest BCUT2D eigenvalue weighted by molar-refractivity contribution is 5.96. The molecule has 1 aliphatic heterocycles. The van der Waals surface area contributed by atoms with Gasteiger partial charge in [0.25, 0.3) is 0 Å². The van der Waals surface area contributed by atoms with Gasteiger partial charge in [-0.1, -0.05) is 43.7 Å². The van der Waals surface area contributed by atoms with Gasteiger partial charge >= 0.3 is 12.1 Å². The number of nitrogens with one attached hydrogen (secondary N) is 2. The molecule has 1 aliphatic rings. The zero-order valence-electron chi connectivity index (χ0n) is 19.2. The van der Waals surface area contributed by atoms with Crippen molar-refractivity contribution < 1.29 is 19.4 Å². The van der Waals surface area contributed by atoms with Crippen LogP contribution in [-0.4, -0.2) is 53.4 Å². The van der Waals surface area contributed by atoms with Gasteiger partial charge in [-0.05, 0) is 31.7 Å². The van der Waals surface area contributed by atoms with Crippen LogP contribution in [0.2, 0.25) is 0 Å². The number of hydrogen-bond donors (Lipinski definition) is 3. The van der Waals surface area contributed by atoms with Gasteiger partial charge in [0.1, 0.15) is 0 Å². The number of morpholine rings is 1. The summed E-state index contributed by atoms with van der Waals surface area (Å²) >= 11 is 0. The van der Waals surface area contributed by atoms with Crippen LogP contribution in [0.25, 0.3) is 11.1 Å². The van der Waals surface area contributed by atoms with E-state index in [4.69, 9.17) is 9.72 Å². The van der Waals surface area contributed by atoms with Gasteiger partial charge in [0.2, 0.25) is 0 Å². The molecule has 2 heterocycles. The molecule has 3 amide bonds. The predicted octanol–water partition coefficient (Wildman–Crippen LogP) is 4.20. The first-order valence-electron chi connectivity index (χ1n) is 11.0. The molecule has 0 saturated carbocycles. The highest BCUT2D eigenvalue weighted by atomic mass is 16.5. The minimum absolute atomic E-state index is 0.105. The molecule has 8 heteroatoms. The van der Waals surface area contributed by atoms with E-state index in [2.05, 4.69) is 24.5 Å². The van der Waals surface area contributed by atoms with Crippen molar-refractivity contribution in [1.82, 2.24) is 15.2 Å². The van der Waals surface area contributed by atoms with Gasteiger partial charge in [-0.25, -0.2) is 9.59 Å². The summed E-state index contributed by atoms with van der Waals surface area (Å²) in [7, 11) is 0. The Morgan fingerprint density at radius 3 is 2.41 bits per heavy atom. The van der Waals surface area contributed by atoms with E-state index < -0.39 is 6.09 Å². The molecule has 3 rings (SSSR count). The van der Waals surface area contributed by atoms with Gasteiger partial charge in [-0.2, -0.15) is 0 Å². The number of amides is 3. The minimum Gasteiger partial charge on any atom is -0.465 e. The lowest BCUT2D eigenvalue weighted by Gasteiger charge is -2.28. The summed E-state index contributed by atoms with van der Waals surface area (Å²) < 4.78 is 5.36. The van der Waals surface area contributed by atoms with Crippen LogP contribution >= 0.6 is 0 Å². The number of urea groups is 1. The molecule has 0 spiro atoms. The lowest BCUT2D eigenvalue weighted by Crippen LogP contribution is -2.43. The Morgan fingerprint density at radius 2 is 1.81 bits per heavy atom. The Kier molecular flexibility index (Phi) is 7.69. The quantitative estimate of drug-likeness (QED) is 0.625. The van der Waals surface area contributed by atoms with E-state index in [0.717, 1.165) is 27.9 Å². The molecule has 1 aromatic carbocycles.